The number of hydrogen-bond donors (Lipinski definition) is 0. The zero-order valence-corrected chi connectivity index (χ0v) is 4.43. The van der Waals surface area contributed by atoms with E-state index < -0.39 is 0 Å². The van der Waals surface area contributed by atoms with Gasteiger partial charge in [-0.15, -0.1) is 0 Å². The molecule has 7 heavy (non-hydrogen) atoms. The average Bonchev–Trinajstić information content (AvgIpc) is 2.22. The molecular weight excluding hydrogens is 84.1 g/mol. The SMILES string of the molecule is C1=C[C@@H]2CCC1C2. The normalized spacial score (nSPS) is 45.7. The maximum absolute atomic E-state index is 2.38. The fourth-order valence-electron chi connectivity index (χ4n) is 1.72. The van der Waals surface area contributed by atoms with E-state index in [4.69, 9.17) is 0 Å². The van der Waals surface area contributed by atoms with Crippen LogP contribution in [0.4, 0.5) is 0 Å². The molecule has 1 unspecified atom stereocenters. The number of hydrogen-bond acceptors (Lipinski definition) is 0. The minimum Gasteiger partial charge on any atom is -0.0851 e. The molecule has 0 heterocycles. The summed E-state index contributed by atoms with van der Waals surface area (Å²) in [4.78, 5) is 0. The van der Waals surface area contributed by atoms with E-state index >= 15 is 0 Å². The summed E-state index contributed by atoms with van der Waals surface area (Å²) >= 11 is 0. The number of allylic oxidation sites excluding steroid dienone is 2. The van der Waals surface area contributed by atoms with Crippen LogP contribution in [0.2, 0.25) is 0 Å². The lowest BCUT2D eigenvalue weighted by Crippen LogP contribution is -1.82. The molecule has 0 aromatic carbocycles. The molecule has 38 valence electrons. The topological polar surface area (TPSA) is 0 Å². The summed E-state index contributed by atoms with van der Waals surface area (Å²) in [5.74, 6) is 1.98. The lowest BCUT2D eigenvalue weighted by Gasteiger charge is -1.96. The molecule has 0 N–H and O–H groups in total. The van der Waals surface area contributed by atoms with Gasteiger partial charge in [-0.05, 0) is 31.1 Å². The molecule has 0 aromatic rings. The van der Waals surface area contributed by atoms with Gasteiger partial charge in [-0.25, -0.2) is 0 Å². The predicted octanol–water partition coefficient (Wildman–Crippen LogP) is 1.97. The van der Waals surface area contributed by atoms with Crippen molar-refractivity contribution >= 4 is 0 Å². The quantitative estimate of drug-likeness (QED) is 0.402. The van der Waals surface area contributed by atoms with Crippen molar-refractivity contribution in [3.05, 3.63) is 12.2 Å². The van der Waals surface area contributed by atoms with Gasteiger partial charge in [-0.3, -0.25) is 0 Å². The summed E-state index contributed by atoms with van der Waals surface area (Å²) in [6.07, 6.45) is 9.19. The van der Waals surface area contributed by atoms with Crippen molar-refractivity contribution in [1.82, 2.24) is 0 Å². The Morgan fingerprint density at radius 1 is 1.00 bits per heavy atom. The van der Waals surface area contributed by atoms with Crippen molar-refractivity contribution in [3.8, 4) is 0 Å². The Balaban J connectivity index is 2.27. The first-order valence-corrected chi connectivity index (χ1v) is 3.13. The van der Waals surface area contributed by atoms with E-state index in [1.54, 1.807) is 0 Å². The minimum atomic E-state index is 0.991. The molecule has 0 spiro atoms. The van der Waals surface area contributed by atoms with E-state index in [1.165, 1.54) is 19.3 Å². The standard InChI is InChI=1S/C7H10/c1-2-7-4-3-6(1)5-7/h1-2,6-7H,3-5H2/t6-,7?/m1/s1. The largest absolute Gasteiger partial charge is 0.0851 e. The second kappa shape index (κ2) is 1.12. The molecular formula is C7H10. The van der Waals surface area contributed by atoms with E-state index in [2.05, 4.69) is 12.2 Å². The summed E-state index contributed by atoms with van der Waals surface area (Å²) in [5.41, 5.74) is 0. The van der Waals surface area contributed by atoms with Gasteiger partial charge in [0.15, 0.2) is 0 Å². The second-order valence-electron chi connectivity index (χ2n) is 2.72. The van der Waals surface area contributed by atoms with Gasteiger partial charge in [0.1, 0.15) is 0 Å². The molecule has 2 aliphatic rings. The number of rotatable bonds is 0. The third-order valence-corrected chi connectivity index (χ3v) is 2.17. The monoisotopic (exact) mass is 94.1 g/mol. The fourth-order valence-corrected chi connectivity index (χ4v) is 1.72. The van der Waals surface area contributed by atoms with Gasteiger partial charge in [-0.2, -0.15) is 0 Å². The molecule has 0 aromatic heterocycles. The van der Waals surface area contributed by atoms with Crippen molar-refractivity contribution in [3.63, 3.8) is 0 Å². The highest BCUT2D eigenvalue weighted by atomic mass is 14.3. The van der Waals surface area contributed by atoms with Gasteiger partial charge in [-0.1, -0.05) is 12.2 Å². The Bertz CT molecular complexity index is 90.6. The first-order valence-electron chi connectivity index (χ1n) is 3.13. The molecule has 0 heteroatoms. The van der Waals surface area contributed by atoms with E-state index in [1.807, 2.05) is 0 Å². The van der Waals surface area contributed by atoms with Crippen LogP contribution in [-0.4, -0.2) is 0 Å². The molecule has 2 aliphatic carbocycles. The van der Waals surface area contributed by atoms with Gasteiger partial charge >= 0.3 is 0 Å². The van der Waals surface area contributed by atoms with E-state index in [9.17, 15) is 0 Å². The third kappa shape index (κ3) is 0.425. The number of fused-ring (bicyclic) bond motifs is 2. The highest BCUT2D eigenvalue weighted by Crippen LogP contribution is 2.38. The van der Waals surface area contributed by atoms with Crippen molar-refractivity contribution in [1.29, 1.82) is 0 Å². The highest BCUT2D eigenvalue weighted by Gasteiger charge is 2.25. The Morgan fingerprint density at radius 2 is 1.57 bits per heavy atom. The van der Waals surface area contributed by atoms with Crippen LogP contribution in [0, 0.1) is 11.8 Å². The Kier molecular flexibility index (Phi) is 0.592. The smallest absolute Gasteiger partial charge is 0.0228 e. The summed E-state index contributed by atoms with van der Waals surface area (Å²) in [7, 11) is 0. The zero-order valence-electron chi connectivity index (χ0n) is 4.43. The maximum atomic E-state index is 2.38. The molecule has 2 atom stereocenters. The van der Waals surface area contributed by atoms with Gasteiger partial charge in [0.2, 0.25) is 0 Å². The van der Waals surface area contributed by atoms with Crippen LogP contribution in [0.5, 0.6) is 0 Å². The van der Waals surface area contributed by atoms with Crippen LogP contribution < -0.4 is 0 Å². The first kappa shape index (κ1) is 3.71. The van der Waals surface area contributed by atoms with Crippen LogP contribution in [-0.2, 0) is 0 Å². The molecule has 1 fully saturated rings. The summed E-state index contributed by atoms with van der Waals surface area (Å²) in [6, 6.07) is 0. The third-order valence-electron chi connectivity index (χ3n) is 2.17. The van der Waals surface area contributed by atoms with Crippen molar-refractivity contribution in [2.45, 2.75) is 19.3 Å². The molecule has 0 amide bonds. The summed E-state index contributed by atoms with van der Waals surface area (Å²) in [6.45, 7) is 0. The Morgan fingerprint density at radius 3 is 1.71 bits per heavy atom. The Labute approximate surface area is 44.2 Å². The average molecular weight is 94.2 g/mol. The molecule has 0 nitrogen and oxygen atoms in total. The lowest BCUT2D eigenvalue weighted by atomic mass is 10.1. The second-order valence-corrected chi connectivity index (χ2v) is 2.72. The minimum absolute atomic E-state index is 0.991. The van der Waals surface area contributed by atoms with E-state index in [0.717, 1.165) is 11.8 Å². The van der Waals surface area contributed by atoms with Crippen molar-refractivity contribution < 1.29 is 0 Å². The fraction of sp³-hybridized carbons (Fsp3) is 0.714. The van der Waals surface area contributed by atoms with Crippen LogP contribution in [0.1, 0.15) is 19.3 Å². The lowest BCUT2D eigenvalue weighted by molar-refractivity contribution is 0.691. The van der Waals surface area contributed by atoms with E-state index in [0.29, 0.717) is 0 Å². The molecule has 2 bridgehead atoms. The summed E-state index contributed by atoms with van der Waals surface area (Å²) in [5, 5.41) is 0. The van der Waals surface area contributed by atoms with Crippen LogP contribution in [0.25, 0.3) is 0 Å². The van der Waals surface area contributed by atoms with Gasteiger partial charge in [0.25, 0.3) is 0 Å². The zero-order chi connectivity index (χ0) is 4.69. The molecule has 2 rings (SSSR count). The molecule has 0 radical (unpaired) electrons. The van der Waals surface area contributed by atoms with E-state index in [-0.39, 0.29) is 0 Å². The van der Waals surface area contributed by atoms with Crippen LogP contribution in [0.15, 0.2) is 12.2 Å². The molecule has 0 aliphatic heterocycles. The van der Waals surface area contributed by atoms with Crippen molar-refractivity contribution in [2.75, 3.05) is 0 Å². The first-order chi connectivity index (χ1) is 3.45. The predicted molar refractivity (Wildman–Crippen MR) is 30.0 cm³/mol. The summed E-state index contributed by atoms with van der Waals surface area (Å²) < 4.78 is 0. The molecule has 1 saturated carbocycles. The van der Waals surface area contributed by atoms with Crippen LogP contribution >= 0.6 is 0 Å². The van der Waals surface area contributed by atoms with Crippen molar-refractivity contribution in [2.24, 2.45) is 11.8 Å². The maximum Gasteiger partial charge on any atom is -0.0228 e. The van der Waals surface area contributed by atoms with Gasteiger partial charge < -0.3 is 0 Å². The van der Waals surface area contributed by atoms with Gasteiger partial charge in [0.05, 0.1) is 0 Å². The highest BCUT2D eigenvalue weighted by molar-refractivity contribution is 5.06. The Hall–Kier alpha value is -0.260. The van der Waals surface area contributed by atoms with Gasteiger partial charge in [0, 0.05) is 0 Å². The molecule has 0 saturated heterocycles. The van der Waals surface area contributed by atoms with Crippen LogP contribution in [0.3, 0.4) is 0 Å².